The Morgan fingerprint density at radius 2 is 1.57 bits per heavy atom. The molecule has 0 aliphatic rings. The molecule has 0 aliphatic carbocycles. The molecular weight excluding hydrogens is 292 g/mol. The van der Waals surface area contributed by atoms with Gasteiger partial charge in [0.15, 0.2) is 0 Å². The van der Waals surface area contributed by atoms with Gasteiger partial charge in [0.05, 0.1) is 0 Å². The molecule has 0 aliphatic heterocycles. The lowest BCUT2D eigenvalue weighted by molar-refractivity contribution is 0.241. The predicted molar refractivity (Wildman–Crippen MR) is 106 cm³/mol. The lowest BCUT2D eigenvalue weighted by Gasteiger charge is -2.37. The highest BCUT2D eigenvalue weighted by atomic mass is 32.1. The molecule has 0 nitrogen and oxygen atoms in total. The summed E-state index contributed by atoms with van der Waals surface area (Å²) in [4.78, 5) is 1.15. The highest BCUT2D eigenvalue weighted by Crippen LogP contribution is 2.41. The summed E-state index contributed by atoms with van der Waals surface area (Å²) in [5.74, 6) is 1.21. The summed E-state index contributed by atoms with van der Waals surface area (Å²) in [6, 6.07) is 0. The van der Waals surface area contributed by atoms with Crippen molar-refractivity contribution in [1.29, 1.82) is 0 Å². The first-order chi connectivity index (χ1) is 9.36. The van der Waals surface area contributed by atoms with Gasteiger partial charge in [0.25, 0.3) is 0 Å². The van der Waals surface area contributed by atoms with Gasteiger partial charge in [0, 0.05) is 4.75 Å². The number of hydrogen-bond donors (Lipinski definition) is 2. The predicted octanol–water partition coefficient (Wildman–Crippen LogP) is 6.94. The van der Waals surface area contributed by atoms with E-state index in [0.717, 1.165) is 24.2 Å². The summed E-state index contributed by atoms with van der Waals surface area (Å²) >= 11 is 9.30. The Hall–Kier alpha value is 0.180. The fourth-order valence-corrected chi connectivity index (χ4v) is 2.87. The number of rotatable bonds is 7. The summed E-state index contributed by atoms with van der Waals surface area (Å²) in [5.41, 5.74) is 1.79. The first kappa shape index (κ1) is 21.2. The van der Waals surface area contributed by atoms with E-state index in [2.05, 4.69) is 80.2 Å². The van der Waals surface area contributed by atoms with Gasteiger partial charge in [-0.15, -0.1) is 12.6 Å². The molecule has 21 heavy (non-hydrogen) atoms. The van der Waals surface area contributed by atoms with E-state index in [0.29, 0.717) is 11.8 Å². The van der Waals surface area contributed by atoms with E-state index in [4.69, 9.17) is 12.6 Å². The quantitative estimate of drug-likeness (QED) is 0.367. The fraction of sp³-hybridized carbons (Fsp3) is 0.789. The molecule has 0 radical (unpaired) electrons. The molecular formula is C19H36S2. The third-order valence-corrected chi connectivity index (χ3v) is 4.34. The molecule has 0 heterocycles. The Morgan fingerprint density at radius 3 is 1.90 bits per heavy atom. The van der Waals surface area contributed by atoms with E-state index in [1.807, 2.05) is 0 Å². The third-order valence-electron chi connectivity index (χ3n) is 3.69. The lowest BCUT2D eigenvalue weighted by Crippen LogP contribution is -2.29. The van der Waals surface area contributed by atoms with Crippen LogP contribution in [0.2, 0.25) is 0 Å². The van der Waals surface area contributed by atoms with Gasteiger partial charge in [-0.25, -0.2) is 0 Å². The lowest BCUT2D eigenvalue weighted by atomic mass is 9.70. The van der Waals surface area contributed by atoms with Crippen molar-refractivity contribution < 1.29 is 0 Å². The maximum absolute atomic E-state index is 4.78. The Kier molecular flexibility index (Phi) is 8.79. The molecule has 0 aromatic heterocycles. The van der Waals surface area contributed by atoms with Crippen molar-refractivity contribution in [3.63, 3.8) is 0 Å². The average Bonchev–Trinajstić information content (AvgIpc) is 2.28. The van der Waals surface area contributed by atoms with Crippen LogP contribution in [0.15, 0.2) is 22.6 Å². The highest BCUT2D eigenvalue weighted by molar-refractivity contribution is 7.84. The second kappa shape index (κ2) is 8.72. The van der Waals surface area contributed by atoms with Crippen molar-refractivity contribution in [3.8, 4) is 0 Å². The van der Waals surface area contributed by atoms with Crippen LogP contribution in [0.3, 0.4) is 0 Å². The molecule has 0 bridgehead atoms. The summed E-state index contributed by atoms with van der Waals surface area (Å²) in [7, 11) is 0. The number of allylic oxidation sites excluding steroid dienone is 4. The summed E-state index contributed by atoms with van der Waals surface area (Å²) in [6.07, 6.45) is 7.74. The standard InChI is InChI=1S/C19H36S2/c1-9-16(20)11-10-15(12-14(2)3)17(18(4,5)6)13-19(7,8)21/h10-11,14,17,20-21H,9,12-13H2,1-8H3/b15-10+,16-11+. The van der Waals surface area contributed by atoms with Gasteiger partial charge >= 0.3 is 0 Å². The van der Waals surface area contributed by atoms with Gasteiger partial charge in [-0.3, -0.25) is 0 Å². The molecule has 0 spiro atoms. The molecule has 0 N–H and O–H groups in total. The maximum atomic E-state index is 4.78. The fourth-order valence-electron chi connectivity index (χ4n) is 2.61. The smallest absolute Gasteiger partial charge is 0.00790 e. The van der Waals surface area contributed by atoms with E-state index in [9.17, 15) is 0 Å². The summed E-state index contributed by atoms with van der Waals surface area (Å²) in [6.45, 7) is 18.2. The average molecular weight is 329 g/mol. The minimum atomic E-state index is 0.0479. The van der Waals surface area contributed by atoms with E-state index in [-0.39, 0.29) is 10.2 Å². The topological polar surface area (TPSA) is 0 Å². The molecule has 0 saturated carbocycles. The van der Waals surface area contributed by atoms with Crippen LogP contribution in [0.4, 0.5) is 0 Å². The van der Waals surface area contributed by atoms with E-state index in [1.54, 1.807) is 5.57 Å². The highest BCUT2D eigenvalue weighted by Gasteiger charge is 2.32. The first-order valence-electron chi connectivity index (χ1n) is 8.17. The second-order valence-electron chi connectivity index (χ2n) is 8.29. The van der Waals surface area contributed by atoms with Gasteiger partial charge in [-0.1, -0.05) is 73.1 Å². The van der Waals surface area contributed by atoms with Crippen LogP contribution in [-0.4, -0.2) is 4.75 Å². The van der Waals surface area contributed by atoms with Crippen LogP contribution >= 0.6 is 25.3 Å². The Morgan fingerprint density at radius 1 is 1.05 bits per heavy atom. The molecule has 1 atom stereocenters. The van der Waals surface area contributed by atoms with E-state index >= 15 is 0 Å². The first-order valence-corrected chi connectivity index (χ1v) is 9.07. The monoisotopic (exact) mass is 328 g/mol. The van der Waals surface area contributed by atoms with Crippen molar-refractivity contribution in [2.45, 2.75) is 79.4 Å². The summed E-state index contributed by atoms with van der Waals surface area (Å²) in [5, 5.41) is 0. The minimum Gasteiger partial charge on any atom is -0.173 e. The molecule has 0 aromatic rings. The minimum absolute atomic E-state index is 0.0479. The zero-order chi connectivity index (χ0) is 16.8. The van der Waals surface area contributed by atoms with Crippen LogP contribution in [0.25, 0.3) is 0 Å². The number of hydrogen-bond acceptors (Lipinski definition) is 2. The maximum Gasteiger partial charge on any atom is 0.00790 e. The Labute approximate surface area is 144 Å². The zero-order valence-electron chi connectivity index (χ0n) is 15.3. The molecule has 0 amide bonds. The van der Waals surface area contributed by atoms with Crippen molar-refractivity contribution in [2.75, 3.05) is 0 Å². The van der Waals surface area contributed by atoms with Crippen molar-refractivity contribution in [2.24, 2.45) is 17.3 Å². The molecule has 2 heteroatoms. The van der Waals surface area contributed by atoms with Gasteiger partial charge in [-0.05, 0) is 41.4 Å². The van der Waals surface area contributed by atoms with Crippen molar-refractivity contribution in [1.82, 2.24) is 0 Å². The molecule has 0 saturated heterocycles. The van der Waals surface area contributed by atoms with Crippen molar-refractivity contribution in [3.05, 3.63) is 22.6 Å². The van der Waals surface area contributed by atoms with Crippen LogP contribution in [0.5, 0.6) is 0 Å². The SMILES string of the molecule is CC/C(S)=C\C=C(/CC(C)C)C(CC(C)(C)S)C(C)(C)C. The zero-order valence-corrected chi connectivity index (χ0v) is 17.1. The van der Waals surface area contributed by atoms with Crippen molar-refractivity contribution >= 4 is 25.3 Å². The van der Waals surface area contributed by atoms with Gasteiger partial charge in [0.1, 0.15) is 0 Å². The van der Waals surface area contributed by atoms with Crippen LogP contribution < -0.4 is 0 Å². The molecule has 124 valence electrons. The number of thiol groups is 2. The third kappa shape index (κ3) is 9.73. The van der Waals surface area contributed by atoms with E-state index < -0.39 is 0 Å². The summed E-state index contributed by atoms with van der Waals surface area (Å²) < 4.78 is 0.0479. The van der Waals surface area contributed by atoms with Gasteiger partial charge in [-0.2, -0.15) is 12.6 Å². The molecule has 0 rings (SSSR count). The van der Waals surface area contributed by atoms with Crippen LogP contribution in [-0.2, 0) is 0 Å². The van der Waals surface area contributed by atoms with Gasteiger partial charge < -0.3 is 0 Å². The second-order valence-corrected chi connectivity index (χ2v) is 10.1. The van der Waals surface area contributed by atoms with Crippen LogP contribution in [0, 0.1) is 17.3 Å². The normalized spacial score (nSPS) is 16.5. The molecule has 0 fully saturated rings. The molecule has 0 aromatic carbocycles. The Balaban J connectivity index is 5.58. The van der Waals surface area contributed by atoms with E-state index in [1.165, 1.54) is 0 Å². The van der Waals surface area contributed by atoms with Gasteiger partial charge in [0.2, 0.25) is 0 Å². The largest absolute Gasteiger partial charge is 0.173 e. The van der Waals surface area contributed by atoms with Crippen LogP contribution in [0.1, 0.15) is 74.7 Å². The Bertz CT molecular complexity index is 362. The molecule has 1 unspecified atom stereocenters.